The number of benzene rings is 2. The van der Waals surface area contributed by atoms with Crippen LogP contribution in [0.3, 0.4) is 0 Å². The SMILES string of the molecule is COc1ccccc1CN(C)C(=O)CN1CCC(NC(=O)Nc2ccc(F)cc2)CC1. The topological polar surface area (TPSA) is 73.9 Å². The van der Waals surface area contributed by atoms with E-state index in [-0.39, 0.29) is 23.8 Å². The third-order valence-electron chi connectivity index (χ3n) is 5.41. The number of methoxy groups -OCH3 is 1. The van der Waals surface area contributed by atoms with Crippen LogP contribution in [0, 0.1) is 5.82 Å². The van der Waals surface area contributed by atoms with E-state index in [0.717, 1.165) is 37.2 Å². The molecule has 1 saturated heterocycles. The zero-order chi connectivity index (χ0) is 22.2. The average molecular weight is 429 g/mol. The number of carbonyl (C=O) groups excluding carboxylic acids is 2. The van der Waals surface area contributed by atoms with Crippen molar-refractivity contribution in [2.24, 2.45) is 0 Å². The highest BCUT2D eigenvalue weighted by Crippen LogP contribution is 2.19. The molecule has 2 aromatic carbocycles. The first kappa shape index (κ1) is 22.6. The Morgan fingerprint density at radius 2 is 1.81 bits per heavy atom. The average Bonchev–Trinajstić information content (AvgIpc) is 2.77. The van der Waals surface area contributed by atoms with Gasteiger partial charge in [-0.2, -0.15) is 0 Å². The van der Waals surface area contributed by atoms with Crippen LogP contribution in [0.1, 0.15) is 18.4 Å². The van der Waals surface area contributed by atoms with Gasteiger partial charge in [0.05, 0.1) is 13.7 Å². The van der Waals surface area contributed by atoms with E-state index in [1.54, 1.807) is 19.1 Å². The predicted octanol–water partition coefficient (Wildman–Crippen LogP) is 3.08. The van der Waals surface area contributed by atoms with Gasteiger partial charge in [0.25, 0.3) is 0 Å². The van der Waals surface area contributed by atoms with Crippen LogP contribution in [0.15, 0.2) is 48.5 Å². The van der Waals surface area contributed by atoms with Crippen molar-refractivity contribution < 1.29 is 18.7 Å². The van der Waals surface area contributed by atoms with Gasteiger partial charge in [-0.25, -0.2) is 9.18 Å². The maximum atomic E-state index is 13.0. The van der Waals surface area contributed by atoms with Crippen LogP contribution in [0.4, 0.5) is 14.9 Å². The first-order valence-corrected chi connectivity index (χ1v) is 10.4. The maximum absolute atomic E-state index is 13.0. The van der Waals surface area contributed by atoms with E-state index in [1.165, 1.54) is 24.3 Å². The molecule has 2 N–H and O–H groups in total. The lowest BCUT2D eigenvalue weighted by Crippen LogP contribution is -2.48. The van der Waals surface area contributed by atoms with Crippen LogP contribution < -0.4 is 15.4 Å². The van der Waals surface area contributed by atoms with Crippen molar-refractivity contribution in [1.29, 1.82) is 0 Å². The quantitative estimate of drug-likeness (QED) is 0.711. The molecule has 3 amide bonds. The van der Waals surface area contributed by atoms with Gasteiger partial charge in [-0.1, -0.05) is 18.2 Å². The number of anilines is 1. The summed E-state index contributed by atoms with van der Waals surface area (Å²) in [6.45, 7) is 2.30. The molecule has 0 saturated carbocycles. The highest BCUT2D eigenvalue weighted by atomic mass is 19.1. The Kier molecular flexibility index (Phi) is 7.83. The summed E-state index contributed by atoms with van der Waals surface area (Å²) in [4.78, 5) is 28.6. The molecule has 0 radical (unpaired) electrons. The van der Waals surface area contributed by atoms with Crippen molar-refractivity contribution in [2.75, 3.05) is 39.1 Å². The molecule has 0 unspecified atom stereocenters. The first-order chi connectivity index (χ1) is 14.9. The maximum Gasteiger partial charge on any atom is 0.319 e. The van der Waals surface area contributed by atoms with E-state index in [2.05, 4.69) is 15.5 Å². The van der Waals surface area contributed by atoms with E-state index in [1.807, 2.05) is 24.3 Å². The summed E-state index contributed by atoms with van der Waals surface area (Å²) in [5, 5.41) is 5.65. The van der Waals surface area contributed by atoms with Crippen molar-refractivity contribution in [3.63, 3.8) is 0 Å². The first-order valence-electron chi connectivity index (χ1n) is 10.4. The summed E-state index contributed by atoms with van der Waals surface area (Å²) >= 11 is 0. The molecule has 0 atom stereocenters. The summed E-state index contributed by atoms with van der Waals surface area (Å²) in [5.74, 6) is 0.473. The highest BCUT2D eigenvalue weighted by Gasteiger charge is 2.23. The van der Waals surface area contributed by atoms with Crippen LogP contribution in [0.5, 0.6) is 5.75 Å². The third kappa shape index (κ3) is 6.68. The number of urea groups is 1. The number of hydrogen-bond acceptors (Lipinski definition) is 4. The standard InChI is InChI=1S/C23H29FN4O3/c1-27(15-17-5-3-4-6-21(17)31-2)22(29)16-28-13-11-20(12-14-28)26-23(30)25-19-9-7-18(24)8-10-19/h3-10,20H,11-16H2,1-2H3,(H2,25,26,30). The molecule has 3 rings (SSSR count). The van der Waals surface area contributed by atoms with E-state index < -0.39 is 0 Å². The van der Waals surface area contributed by atoms with Gasteiger partial charge in [0.2, 0.25) is 5.91 Å². The number of nitrogens with one attached hydrogen (secondary N) is 2. The summed E-state index contributed by atoms with van der Waals surface area (Å²) in [7, 11) is 3.42. The van der Waals surface area contributed by atoms with Gasteiger partial charge in [-0.05, 0) is 43.2 Å². The Morgan fingerprint density at radius 3 is 2.48 bits per heavy atom. The minimum Gasteiger partial charge on any atom is -0.496 e. The van der Waals surface area contributed by atoms with Gasteiger partial charge < -0.3 is 20.3 Å². The summed E-state index contributed by atoms with van der Waals surface area (Å²) in [6, 6.07) is 13.0. The largest absolute Gasteiger partial charge is 0.496 e. The fraction of sp³-hybridized carbons (Fsp3) is 0.391. The van der Waals surface area contributed by atoms with Gasteiger partial charge in [-0.3, -0.25) is 9.69 Å². The number of rotatable bonds is 7. The summed E-state index contributed by atoms with van der Waals surface area (Å²) in [5.41, 5.74) is 1.51. The van der Waals surface area contributed by atoms with Crippen LogP contribution in [-0.2, 0) is 11.3 Å². The van der Waals surface area contributed by atoms with E-state index in [4.69, 9.17) is 4.74 Å². The van der Waals surface area contributed by atoms with Gasteiger partial charge in [0.1, 0.15) is 11.6 Å². The molecule has 1 fully saturated rings. The normalized spacial score (nSPS) is 14.7. The van der Waals surface area contributed by atoms with Crippen LogP contribution in [0.25, 0.3) is 0 Å². The Bertz CT molecular complexity index is 883. The summed E-state index contributed by atoms with van der Waals surface area (Å²) < 4.78 is 18.3. The molecule has 0 spiro atoms. The summed E-state index contributed by atoms with van der Waals surface area (Å²) in [6.07, 6.45) is 1.53. The van der Waals surface area contributed by atoms with E-state index in [0.29, 0.717) is 18.8 Å². The number of piperidine rings is 1. The third-order valence-corrected chi connectivity index (χ3v) is 5.41. The number of nitrogens with zero attached hydrogens (tertiary/aromatic N) is 2. The molecule has 166 valence electrons. The molecule has 1 heterocycles. The molecule has 8 heteroatoms. The molecule has 1 aliphatic heterocycles. The van der Waals surface area contributed by atoms with Crippen LogP contribution in [-0.4, -0.2) is 61.6 Å². The van der Waals surface area contributed by atoms with Gasteiger partial charge in [-0.15, -0.1) is 0 Å². The van der Waals surface area contributed by atoms with E-state index in [9.17, 15) is 14.0 Å². The number of likely N-dealkylation sites (tertiary alicyclic amines) is 1. The number of hydrogen-bond donors (Lipinski definition) is 2. The Labute approximate surface area is 182 Å². The van der Waals surface area contributed by atoms with Crippen molar-refractivity contribution in [1.82, 2.24) is 15.1 Å². The molecule has 31 heavy (non-hydrogen) atoms. The lowest BCUT2D eigenvalue weighted by molar-refractivity contribution is -0.131. The second-order valence-corrected chi connectivity index (χ2v) is 7.72. The molecule has 0 aliphatic carbocycles. The molecule has 7 nitrogen and oxygen atoms in total. The molecule has 2 aromatic rings. The number of amides is 3. The molecule has 0 aromatic heterocycles. The Hall–Kier alpha value is -3.13. The van der Waals surface area contributed by atoms with E-state index >= 15 is 0 Å². The van der Waals surface area contributed by atoms with Crippen LogP contribution in [0.2, 0.25) is 0 Å². The fourth-order valence-corrected chi connectivity index (χ4v) is 3.61. The van der Waals surface area contributed by atoms with Crippen molar-refractivity contribution >= 4 is 17.6 Å². The van der Waals surface area contributed by atoms with Crippen LogP contribution >= 0.6 is 0 Å². The molecular formula is C23H29FN4O3. The predicted molar refractivity (Wildman–Crippen MR) is 117 cm³/mol. The minimum absolute atomic E-state index is 0.0399. The molecule has 0 bridgehead atoms. The number of para-hydroxylation sites is 1. The van der Waals surface area contributed by atoms with Gasteiger partial charge in [0, 0.05) is 44.0 Å². The van der Waals surface area contributed by atoms with Gasteiger partial charge >= 0.3 is 6.03 Å². The lowest BCUT2D eigenvalue weighted by Gasteiger charge is -2.32. The molecular weight excluding hydrogens is 399 g/mol. The number of ether oxygens (including phenoxy) is 1. The lowest BCUT2D eigenvalue weighted by atomic mass is 10.1. The second-order valence-electron chi connectivity index (χ2n) is 7.72. The fourth-order valence-electron chi connectivity index (χ4n) is 3.61. The zero-order valence-electron chi connectivity index (χ0n) is 17.9. The highest BCUT2D eigenvalue weighted by molar-refractivity contribution is 5.89. The Balaban J connectivity index is 1.40. The van der Waals surface area contributed by atoms with Gasteiger partial charge in [0.15, 0.2) is 0 Å². The smallest absolute Gasteiger partial charge is 0.319 e. The minimum atomic E-state index is -0.346. The van der Waals surface area contributed by atoms with Crippen molar-refractivity contribution in [3.05, 3.63) is 59.9 Å². The number of halogens is 1. The zero-order valence-corrected chi connectivity index (χ0v) is 17.9. The monoisotopic (exact) mass is 428 g/mol. The van der Waals surface area contributed by atoms with Crippen molar-refractivity contribution in [3.8, 4) is 5.75 Å². The number of likely N-dealkylation sites (N-methyl/N-ethyl adjacent to an activating group) is 1. The number of carbonyl (C=O) groups is 2. The Morgan fingerprint density at radius 1 is 1.13 bits per heavy atom. The second kappa shape index (κ2) is 10.8. The van der Waals surface area contributed by atoms with Crippen molar-refractivity contribution in [2.45, 2.75) is 25.4 Å². The molecule has 1 aliphatic rings.